The summed E-state index contributed by atoms with van der Waals surface area (Å²) in [5.41, 5.74) is 3.35. The van der Waals surface area contributed by atoms with Crippen LogP contribution in [0.15, 0.2) is 46.9 Å². The Morgan fingerprint density at radius 1 is 1.11 bits per heavy atom. The lowest BCUT2D eigenvalue weighted by Gasteiger charge is -2.12. The number of para-hydroxylation sites is 1. The van der Waals surface area contributed by atoms with Crippen LogP contribution in [0.4, 0.5) is 10.1 Å². The molecule has 0 bridgehead atoms. The van der Waals surface area contributed by atoms with E-state index in [2.05, 4.69) is 40.3 Å². The SMILES string of the molecule is CCCc1ccccc1NCc1cc(F)ccc1Br. The van der Waals surface area contributed by atoms with Crippen molar-refractivity contribution in [3.05, 3.63) is 63.9 Å². The second kappa shape index (κ2) is 6.71. The highest BCUT2D eigenvalue weighted by Crippen LogP contribution is 2.21. The molecule has 1 N–H and O–H groups in total. The summed E-state index contributed by atoms with van der Waals surface area (Å²) in [6, 6.07) is 13.0. The number of benzene rings is 2. The molecule has 0 spiro atoms. The maximum Gasteiger partial charge on any atom is 0.123 e. The van der Waals surface area contributed by atoms with Crippen molar-refractivity contribution in [3.8, 4) is 0 Å². The molecular weight excluding hydrogens is 305 g/mol. The summed E-state index contributed by atoms with van der Waals surface area (Å²) in [5.74, 6) is -0.207. The normalized spacial score (nSPS) is 10.5. The van der Waals surface area contributed by atoms with Crippen LogP contribution in [-0.2, 0) is 13.0 Å². The van der Waals surface area contributed by atoms with E-state index in [9.17, 15) is 4.39 Å². The second-order valence-electron chi connectivity index (χ2n) is 4.50. The molecule has 1 nitrogen and oxygen atoms in total. The molecule has 3 heteroatoms. The van der Waals surface area contributed by atoms with Crippen LogP contribution in [0.3, 0.4) is 0 Å². The van der Waals surface area contributed by atoms with E-state index in [4.69, 9.17) is 0 Å². The fourth-order valence-corrected chi connectivity index (χ4v) is 2.44. The molecule has 0 atom stereocenters. The summed E-state index contributed by atoms with van der Waals surface area (Å²) in [6.45, 7) is 2.78. The van der Waals surface area contributed by atoms with Crippen LogP contribution in [-0.4, -0.2) is 0 Å². The van der Waals surface area contributed by atoms with E-state index in [1.165, 1.54) is 11.6 Å². The first kappa shape index (κ1) is 14.1. The Hall–Kier alpha value is -1.35. The number of nitrogens with one attached hydrogen (secondary N) is 1. The zero-order chi connectivity index (χ0) is 13.7. The summed E-state index contributed by atoms with van der Waals surface area (Å²) in [6.07, 6.45) is 2.16. The van der Waals surface area contributed by atoms with Crippen LogP contribution < -0.4 is 5.32 Å². The molecule has 100 valence electrons. The van der Waals surface area contributed by atoms with Crippen molar-refractivity contribution >= 4 is 21.6 Å². The van der Waals surface area contributed by atoms with Crippen LogP contribution >= 0.6 is 15.9 Å². The van der Waals surface area contributed by atoms with Crippen molar-refractivity contribution in [2.24, 2.45) is 0 Å². The maximum atomic E-state index is 13.2. The summed E-state index contributed by atoms with van der Waals surface area (Å²) in [7, 11) is 0. The molecule has 2 rings (SSSR count). The van der Waals surface area contributed by atoms with Gasteiger partial charge in [0.1, 0.15) is 5.82 Å². The average molecular weight is 322 g/mol. The number of hydrogen-bond acceptors (Lipinski definition) is 1. The minimum atomic E-state index is -0.207. The topological polar surface area (TPSA) is 12.0 Å². The quantitative estimate of drug-likeness (QED) is 0.802. The van der Waals surface area contributed by atoms with Gasteiger partial charge in [-0.25, -0.2) is 4.39 Å². The smallest absolute Gasteiger partial charge is 0.123 e. The van der Waals surface area contributed by atoms with E-state index in [-0.39, 0.29) is 5.82 Å². The van der Waals surface area contributed by atoms with E-state index in [0.29, 0.717) is 6.54 Å². The van der Waals surface area contributed by atoms with E-state index < -0.39 is 0 Å². The maximum absolute atomic E-state index is 13.2. The lowest BCUT2D eigenvalue weighted by molar-refractivity contribution is 0.625. The summed E-state index contributed by atoms with van der Waals surface area (Å²) < 4.78 is 14.1. The lowest BCUT2D eigenvalue weighted by atomic mass is 10.1. The number of rotatable bonds is 5. The van der Waals surface area contributed by atoms with Gasteiger partial charge in [-0.1, -0.05) is 47.5 Å². The summed E-state index contributed by atoms with van der Waals surface area (Å²) >= 11 is 3.45. The van der Waals surface area contributed by atoms with E-state index >= 15 is 0 Å². The molecule has 2 aromatic rings. The van der Waals surface area contributed by atoms with Crippen molar-refractivity contribution in [2.75, 3.05) is 5.32 Å². The van der Waals surface area contributed by atoms with Crippen LogP contribution in [0.5, 0.6) is 0 Å². The first-order valence-corrected chi connectivity index (χ1v) is 7.25. The predicted molar refractivity (Wildman–Crippen MR) is 81.9 cm³/mol. The molecule has 0 aliphatic carbocycles. The third-order valence-electron chi connectivity index (χ3n) is 3.01. The van der Waals surface area contributed by atoms with Gasteiger partial charge >= 0.3 is 0 Å². The molecule has 0 radical (unpaired) electrons. The molecule has 0 aromatic heterocycles. The van der Waals surface area contributed by atoms with E-state index in [0.717, 1.165) is 28.6 Å². The first-order chi connectivity index (χ1) is 9.20. The number of anilines is 1. The monoisotopic (exact) mass is 321 g/mol. The molecule has 0 unspecified atom stereocenters. The third kappa shape index (κ3) is 3.80. The van der Waals surface area contributed by atoms with Crippen molar-refractivity contribution in [1.29, 1.82) is 0 Å². The minimum absolute atomic E-state index is 0.207. The Kier molecular flexibility index (Phi) is 4.97. The van der Waals surface area contributed by atoms with Gasteiger partial charge in [0.15, 0.2) is 0 Å². The van der Waals surface area contributed by atoms with Crippen molar-refractivity contribution in [1.82, 2.24) is 0 Å². The van der Waals surface area contributed by atoms with Crippen LogP contribution in [0.2, 0.25) is 0 Å². The van der Waals surface area contributed by atoms with E-state index in [1.54, 1.807) is 12.1 Å². The van der Waals surface area contributed by atoms with Gasteiger partial charge in [0.25, 0.3) is 0 Å². The van der Waals surface area contributed by atoms with E-state index in [1.807, 2.05) is 12.1 Å². The number of halogens is 2. The predicted octanol–water partition coefficient (Wildman–Crippen LogP) is 5.15. The highest BCUT2D eigenvalue weighted by molar-refractivity contribution is 9.10. The molecule has 0 heterocycles. The molecule has 0 amide bonds. The van der Waals surface area contributed by atoms with Gasteiger partial charge in [0.2, 0.25) is 0 Å². The molecule has 0 aliphatic rings. The highest BCUT2D eigenvalue weighted by Gasteiger charge is 2.04. The molecule has 0 saturated carbocycles. The molecule has 2 aromatic carbocycles. The van der Waals surface area contributed by atoms with Crippen LogP contribution in [0, 0.1) is 5.82 Å². The van der Waals surface area contributed by atoms with Crippen LogP contribution in [0.1, 0.15) is 24.5 Å². The van der Waals surface area contributed by atoms with Crippen molar-refractivity contribution in [2.45, 2.75) is 26.3 Å². The largest absolute Gasteiger partial charge is 0.381 e. The number of hydrogen-bond donors (Lipinski definition) is 1. The number of aryl methyl sites for hydroxylation is 1. The fraction of sp³-hybridized carbons (Fsp3) is 0.250. The lowest BCUT2D eigenvalue weighted by Crippen LogP contribution is -2.03. The summed E-state index contributed by atoms with van der Waals surface area (Å²) in [4.78, 5) is 0. The second-order valence-corrected chi connectivity index (χ2v) is 5.35. The van der Waals surface area contributed by atoms with Gasteiger partial charge in [-0.3, -0.25) is 0 Å². The van der Waals surface area contributed by atoms with Gasteiger partial charge in [-0.15, -0.1) is 0 Å². The zero-order valence-electron chi connectivity index (χ0n) is 10.9. The Balaban J connectivity index is 2.12. The molecule has 0 saturated heterocycles. The summed E-state index contributed by atoms with van der Waals surface area (Å²) in [5, 5.41) is 3.39. The Bertz CT molecular complexity index is 554. The van der Waals surface area contributed by atoms with Gasteiger partial charge in [0, 0.05) is 16.7 Å². The Morgan fingerprint density at radius 3 is 2.68 bits per heavy atom. The molecule has 19 heavy (non-hydrogen) atoms. The van der Waals surface area contributed by atoms with Gasteiger partial charge in [-0.05, 0) is 41.8 Å². The molecular formula is C16H17BrFN. The third-order valence-corrected chi connectivity index (χ3v) is 3.79. The van der Waals surface area contributed by atoms with Crippen molar-refractivity contribution < 1.29 is 4.39 Å². The zero-order valence-corrected chi connectivity index (χ0v) is 12.5. The highest BCUT2D eigenvalue weighted by atomic mass is 79.9. The van der Waals surface area contributed by atoms with Crippen molar-refractivity contribution in [3.63, 3.8) is 0 Å². The Labute approximate surface area is 122 Å². The average Bonchev–Trinajstić information content (AvgIpc) is 2.42. The van der Waals surface area contributed by atoms with Gasteiger partial charge in [-0.2, -0.15) is 0 Å². The molecule has 0 aliphatic heterocycles. The minimum Gasteiger partial charge on any atom is -0.381 e. The Morgan fingerprint density at radius 2 is 1.89 bits per heavy atom. The first-order valence-electron chi connectivity index (χ1n) is 6.46. The standard InChI is InChI=1S/C16H17BrFN/c1-2-5-12-6-3-4-7-16(12)19-11-13-10-14(18)8-9-15(13)17/h3-4,6-10,19H,2,5,11H2,1H3. The van der Waals surface area contributed by atoms with Gasteiger partial charge in [0.05, 0.1) is 0 Å². The molecule has 0 fully saturated rings. The van der Waals surface area contributed by atoms with Gasteiger partial charge < -0.3 is 5.32 Å². The van der Waals surface area contributed by atoms with Crippen LogP contribution in [0.25, 0.3) is 0 Å². The fourth-order valence-electron chi connectivity index (χ4n) is 2.05.